The van der Waals surface area contributed by atoms with Crippen LogP contribution in [0.3, 0.4) is 0 Å². The number of nitrogens with zero attached hydrogens (tertiary/aromatic N) is 2. The number of nitrogens with one attached hydrogen (secondary N) is 1. The third kappa shape index (κ3) is 5.36. The van der Waals surface area contributed by atoms with Gasteiger partial charge in [-0.1, -0.05) is 41.9 Å². The van der Waals surface area contributed by atoms with E-state index in [1.807, 2.05) is 30.3 Å². The zero-order valence-electron chi connectivity index (χ0n) is 18.1. The first-order chi connectivity index (χ1) is 16.8. The number of carbonyl (C=O) groups is 3. The first kappa shape index (κ1) is 23.7. The topological polar surface area (TPSA) is 119 Å². The fourth-order valence-corrected chi connectivity index (χ4v) is 3.61. The Hall–Kier alpha value is -4.50. The van der Waals surface area contributed by atoms with Crippen LogP contribution in [0.25, 0.3) is 0 Å². The van der Waals surface area contributed by atoms with E-state index in [9.17, 15) is 24.5 Å². The van der Waals surface area contributed by atoms with E-state index in [4.69, 9.17) is 16.3 Å². The Bertz CT molecular complexity index is 1320. The number of anilines is 1. The minimum absolute atomic E-state index is 0.0362. The zero-order valence-corrected chi connectivity index (χ0v) is 18.9. The summed E-state index contributed by atoms with van der Waals surface area (Å²) in [6.07, 6.45) is 0.501. The molecule has 0 saturated carbocycles. The van der Waals surface area contributed by atoms with Gasteiger partial charge < -0.3 is 10.1 Å². The lowest BCUT2D eigenvalue weighted by molar-refractivity contribution is -0.384. The molecule has 2 amide bonds. The minimum atomic E-state index is -0.665. The maximum absolute atomic E-state index is 12.8. The number of rotatable bonds is 8. The van der Waals surface area contributed by atoms with Crippen LogP contribution < -0.4 is 10.1 Å². The molecule has 0 spiro atoms. The molecule has 0 unspecified atom stereocenters. The molecule has 1 heterocycles. The second kappa shape index (κ2) is 10.2. The highest BCUT2D eigenvalue weighted by molar-refractivity contribution is 6.48. The molecule has 3 aromatic carbocycles. The van der Waals surface area contributed by atoms with Crippen molar-refractivity contribution in [3.63, 3.8) is 0 Å². The van der Waals surface area contributed by atoms with E-state index in [1.54, 1.807) is 0 Å². The maximum Gasteiger partial charge on any atom is 0.343 e. The van der Waals surface area contributed by atoms with Gasteiger partial charge in [0.1, 0.15) is 16.5 Å². The molecule has 10 heteroatoms. The highest BCUT2D eigenvalue weighted by atomic mass is 35.5. The predicted octanol–water partition coefficient (Wildman–Crippen LogP) is 4.29. The number of esters is 1. The fourth-order valence-electron chi connectivity index (χ4n) is 3.38. The summed E-state index contributed by atoms with van der Waals surface area (Å²) in [5.41, 5.74) is 1.49. The SMILES string of the molecule is O=C(Oc1ccc([N+](=O)[O-])cc1)c1ccc(NC2=C(Cl)C(=O)N(CCc3ccccc3)C2=O)cc1. The van der Waals surface area contributed by atoms with Crippen molar-refractivity contribution in [1.29, 1.82) is 0 Å². The van der Waals surface area contributed by atoms with Crippen LogP contribution in [0, 0.1) is 10.1 Å². The van der Waals surface area contributed by atoms with Crippen molar-refractivity contribution in [2.75, 3.05) is 11.9 Å². The van der Waals surface area contributed by atoms with Gasteiger partial charge in [-0.2, -0.15) is 0 Å². The smallest absolute Gasteiger partial charge is 0.343 e. The second-order valence-corrected chi connectivity index (χ2v) is 7.91. The molecule has 9 nitrogen and oxygen atoms in total. The third-order valence-corrected chi connectivity index (χ3v) is 5.58. The summed E-state index contributed by atoms with van der Waals surface area (Å²) in [4.78, 5) is 48.9. The van der Waals surface area contributed by atoms with Gasteiger partial charge in [0, 0.05) is 24.4 Å². The third-order valence-electron chi connectivity index (χ3n) is 5.23. The average molecular weight is 492 g/mol. The van der Waals surface area contributed by atoms with Crippen LogP contribution in [0.5, 0.6) is 5.75 Å². The van der Waals surface area contributed by atoms with Crippen LogP contribution >= 0.6 is 11.6 Å². The van der Waals surface area contributed by atoms with Gasteiger partial charge in [0.25, 0.3) is 17.5 Å². The molecule has 0 bridgehead atoms. The first-order valence-corrected chi connectivity index (χ1v) is 10.8. The largest absolute Gasteiger partial charge is 0.423 e. The van der Waals surface area contributed by atoms with Gasteiger partial charge in [0.05, 0.1) is 10.5 Å². The Morgan fingerprint density at radius 2 is 1.60 bits per heavy atom. The van der Waals surface area contributed by atoms with Crippen molar-refractivity contribution in [1.82, 2.24) is 4.90 Å². The van der Waals surface area contributed by atoms with E-state index in [0.29, 0.717) is 12.1 Å². The number of halogens is 1. The minimum Gasteiger partial charge on any atom is -0.423 e. The van der Waals surface area contributed by atoms with Gasteiger partial charge in [0.2, 0.25) is 0 Å². The number of nitro benzene ring substituents is 1. The number of amides is 2. The van der Waals surface area contributed by atoms with Gasteiger partial charge in [-0.25, -0.2) is 4.79 Å². The molecule has 1 aliphatic rings. The van der Waals surface area contributed by atoms with Crippen molar-refractivity contribution in [3.8, 4) is 5.75 Å². The second-order valence-electron chi connectivity index (χ2n) is 7.53. The number of hydrogen-bond donors (Lipinski definition) is 1. The Balaban J connectivity index is 1.38. The number of nitro groups is 1. The molecule has 0 aromatic heterocycles. The number of hydrogen-bond acceptors (Lipinski definition) is 7. The van der Waals surface area contributed by atoms with Crippen molar-refractivity contribution in [2.45, 2.75) is 6.42 Å². The number of non-ortho nitro benzene ring substituents is 1. The lowest BCUT2D eigenvalue weighted by Crippen LogP contribution is -2.34. The Labute approximate surface area is 204 Å². The molecule has 35 heavy (non-hydrogen) atoms. The van der Waals surface area contributed by atoms with Crippen LogP contribution in [-0.2, 0) is 16.0 Å². The van der Waals surface area contributed by atoms with Crippen LogP contribution in [0.2, 0.25) is 0 Å². The van der Waals surface area contributed by atoms with Crippen LogP contribution in [0.4, 0.5) is 11.4 Å². The van der Waals surface area contributed by atoms with Crippen molar-refractivity contribution in [3.05, 3.63) is 111 Å². The van der Waals surface area contributed by atoms with Crippen LogP contribution in [-0.4, -0.2) is 34.2 Å². The highest BCUT2D eigenvalue weighted by Crippen LogP contribution is 2.26. The summed E-state index contributed by atoms with van der Waals surface area (Å²) in [5.74, 6) is -1.61. The lowest BCUT2D eigenvalue weighted by atomic mass is 10.1. The van der Waals surface area contributed by atoms with Gasteiger partial charge in [-0.15, -0.1) is 0 Å². The fraction of sp³-hybridized carbons (Fsp3) is 0.0800. The van der Waals surface area contributed by atoms with Gasteiger partial charge >= 0.3 is 5.97 Å². The van der Waals surface area contributed by atoms with Crippen molar-refractivity contribution < 1.29 is 24.0 Å². The Kier molecular flexibility index (Phi) is 6.88. The van der Waals surface area contributed by atoms with Crippen LogP contribution in [0.15, 0.2) is 89.6 Å². The van der Waals surface area contributed by atoms with Gasteiger partial charge in [0.15, 0.2) is 0 Å². The highest BCUT2D eigenvalue weighted by Gasteiger charge is 2.37. The maximum atomic E-state index is 12.8. The first-order valence-electron chi connectivity index (χ1n) is 10.5. The zero-order chi connectivity index (χ0) is 24.9. The van der Waals surface area contributed by atoms with E-state index in [-0.39, 0.29) is 34.3 Å². The summed E-state index contributed by atoms with van der Waals surface area (Å²) < 4.78 is 5.22. The summed E-state index contributed by atoms with van der Waals surface area (Å²) in [7, 11) is 0. The molecule has 3 aromatic rings. The van der Waals surface area contributed by atoms with E-state index >= 15 is 0 Å². The number of benzene rings is 3. The monoisotopic (exact) mass is 491 g/mol. The van der Waals surface area contributed by atoms with Crippen molar-refractivity contribution >= 4 is 40.8 Å². The van der Waals surface area contributed by atoms with Gasteiger partial charge in [-0.3, -0.25) is 24.6 Å². The molecule has 4 rings (SSSR count). The van der Waals surface area contributed by atoms with E-state index in [2.05, 4.69) is 5.32 Å². The summed E-state index contributed by atoms with van der Waals surface area (Å²) in [6.45, 7) is 0.191. The molecular formula is C25H18ClN3O6. The molecule has 0 saturated heterocycles. The van der Waals surface area contributed by atoms with Crippen LogP contribution in [0.1, 0.15) is 15.9 Å². The molecule has 1 aliphatic heterocycles. The molecule has 0 atom stereocenters. The molecule has 176 valence electrons. The molecule has 0 radical (unpaired) electrons. The summed E-state index contributed by atoms with van der Waals surface area (Å²) in [5, 5.41) is 13.4. The predicted molar refractivity (Wildman–Crippen MR) is 128 cm³/mol. The van der Waals surface area contributed by atoms with E-state index in [1.165, 1.54) is 48.5 Å². The number of carbonyl (C=O) groups excluding carboxylic acids is 3. The number of imide groups is 1. The van der Waals surface area contributed by atoms with E-state index in [0.717, 1.165) is 10.5 Å². The van der Waals surface area contributed by atoms with Crippen molar-refractivity contribution in [2.24, 2.45) is 0 Å². The molecular weight excluding hydrogens is 474 g/mol. The quantitative estimate of drug-likeness (QED) is 0.164. The summed E-state index contributed by atoms with van der Waals surface area (Å²) >= 11 is 6.14. The molecule has 0 fully saturated rings. The van der Waals surface area contributed by atoms with Gasteiger partial charge in [-0.05, 0) is 48.4 Å². The normalized spacial score (nSPS) is 13.2. The lowest BCUT2D eigenvalue weighted by Gasteiger charge is -2.15. The molecule has 1 N–H and O–H groups in total. The summed E-state index contributed by atoms with van der Waals surface area (Å²) in [6, 6.07) is 20.6. The average Bonchev–Trinajstić information content (AvgIpc) is 3.07. The standard InChI is InChI=1S/C25H18ClN3O6/c26-21-22(24(31)28(23(21)30)15-14-16-4-2-1-3-5-16)27-18-8-6-17(7-9-18)25(32)35-20-12-10-19(11-13-20)29(33)34/h1-13,27H,14-15H2. The molecule has 0 aliphatic carbocycles. The van der Waals surface area contributed by atoms with E-state index < -0.39 is 22.7 Å². The Morgan fingerprint density at radius 1 is 0.943 bits per heavy atom. The Morgan fingerprint density at radius 3 is 2.23 bits per heavy atom. The number of ether oxygens (including phenoxy) is 1.